The average molecular weight is 819 g/mol. The number of benzene rings is 5. The van der Waals surface area contributed by atoms with Crippen molar-refractivity contribution in [2.24, 2.45) is 5.92 Å². The van der Waals surface area contributed by atoms with Gasteiger partial charge in [0.15, 0.2) is 0 Å². The molecular formula is C49H46N4O8. The van der Waals surface area contributed by atoms with Gasteiger partial charge in [-0.3, -0.25) is 19.3 Å². The molecule has 310 valence electrons. The van der Waals surface area contributed by atoms with Crippen LogP contribution in [0.25, 0.3) is 0 Å². The number of carbonyl (C=O) groups excluding carboxylic acids is 3. The molecule has 3 fully saturated rings. The number of carbonyl (C=O) groups is 3. The summed E-state index contributed by atoms with van der Waals surface area (Å²) in [5, 5.41) is 25.5. The first-order valence-corrected chi connectivity index (χ1v) is 20.6. The molecule has 0 saturated carbocycles. The molecule has 3 saturated heterocycles. The van der Waals surface area contributed by atoms with Crippen molar-refractivity contribution in [3.8, 4) is 17.6 Å². The molecule has 4 aliphatic rings. The summed E-state index contributed by atoms with van der Waals surface area (Å²) >= 11 is 0. The highest BCUT2D eigenvalue weighted by Crippen LogP contribution is 2.65. The number of nitrogens with zero attached hydrogens (tertiary/aromatic N) is 2. The number of rotatable bonds is 10. The van der Waals surface area contributed by atoms with E-state index in [9.17, 15) is 10.2 Å². The Morgan fingerprint density at radius 2 is 1.54 bits per heavy atom. The summed E-state index contributed by atoms with van der Waals surface area (Å²) in [6.45, 7) is 2.46. The smallest absolute Gasteiger partial charge is 0.324 e. The second-order valence-corrected chi connectivity index (χ2v) is 15.5. The molecule has 6 unspecified atom stereocenters. The third kappa shape index (κ3) is 7.29. The Hall–Kier alpha value is -6.49. The number of hydrogen-bond acceptors (Lipinski definition) is 10. The highest BCUT2D eigenvalue weighted by Gasteiger charge is 2.74. The SMILES string of the molecule is O=C1OC(c2ccccc2)C(c2ccccc2)N2C1C(C(=O)Nc1ccc(N3CCOCC3)cc1)C1(C(=O)Nc3ccc(C#CCCO)cc31)C2c1cccc(OCCO)c1. The van der Waals surface area contributed by atoms with Crippen molar-refractivity contribution in [1.29, 1.82) is 0 Å². The lowest BCUT2D eigenvalue weighted by Gasteiger charge is -2.46. The van der Waals surface area contributed by atoms with Gasteiger partial charge in [-0.05, 0) is 76.9 Å². The number of fused-ring (bicyclic) bond motifs is 3. The quantitative estimate of drug-likeness (QED) is 0.105. The van der Waals surface area contributed by atoms with Crippen molar-refractivity contribution < 1.29 is 38.8 Å². The van der Waals surface area contributed by atoms with Crippen LogP contribution in [0.3, 0.4) is 0 Å². The molecule has 5 aromatic carbocycles. The lowest BCUT2D eigenvalue weighted by atomic mass is 9.65. The molecule has 9 rings (SSSR count). The standard InChI is InChI=1S/C49H46N4O8/c54-25-8-7-10-32-17-22-40-39(30-32)49(48(58)51-40)41(46(56)50-36-18-20-37(21-19-36)52-23-27-59-28-24-52)43-47(57)61-44(34-13-5-2-6-14-34)42(33-11-3-1-4-12-33)53(43)45(49)35-15-9-16-38(31-35)60-29-26-55/h1-6,9,11-22,30-31,41-45,54-55H,8,23-29H2,(H,50,56)(H,51,58). The maximum atomic E-state index is 15.5. The van der Waals surface area contributed by atoms with E-state index >= 15 is 14.4 Å². The van der Waals surface area contributed by atoms with Crippen LogP contribution in [-0.2, 0) is 29.3 Å². The number of morpholine rings is 2. The van der Waals surface area contributed by atoms with Gasteiger partial charge >= 0.3 is 5.97 Å². The Kier molecular flexibility index (Phi) is 11.3. The molecule has 2 amide bonds. The van der Waals surface area contributed by atoms with Crippen LogP contribution in [0.1, 0.15) is 52.4 Å². The maximum Gasteiger partial charge on any atom is 0.324 e. The predicted molar refractivity (Wildman–Crippen MR) is 229 cm³/mol. The molecule has 0 aromatic heterocycles. The van der Waals surface area contributed by atoms with E-state index in [0.717, 1.165) is 29.9 Å². The number of esters is 1. The van der Waals surface area contributed by atoms with E-state index in [-0.39, 0.29) is 26.2 Å². The zero-order valence-electron chi connectivity index (χ0n) is 33.4. The molecule has 1 spiro atoms. The van der Waals surface area contributed by atoms with E-state index in [2.05, 4.69) is 27.4 Å². The molecule has 0 bridgehead atoms. The molecule has 5 aromatic rings. The van der Waals surface area contributed by atoms with Crippen LogP contribution in [0, 0.1) is 17.8 Å². The number of amides is 2. The average Bonchev–Trinajstić information content (AvgIpc) is 3.78. The van der Waals surface area contributed by atoms with Crippen molar-refractivity contribution in [1.82, 2.24) is 4.90 Å². The van der Waals surface area contributed by atoms with E-state index in [1.54, 1.807) is 18.2 Å². The number of cyclic esters (lactones) is 1. The lowest BCUT2D eigenvalue weighted by molar-refractivity contribution is -0.177. The van der Waals surface area contributed by atoms with Crippen molar-refractivity contribution in [2.75, 3.05) is 61.7 Å². The van der Waals surface area contributed by atoms with Crippen molar-refractivity contribution in [3.63, 3.8) is 0 Å². The zero-order valence-corrected chi connectivity index (χ0v) is 33.4. The summed E-state index contributed by atoms with van der Waals surface area (Å²) in [5.41, 5.74) is 3.52. The van der Waals surface area contributed by atoms with Gasteiger partial charge in [-0.2, -0.15) is 0 Å². The van der Waals surface area contributed by atoms with Crippen LogP contribution < -0.4 is 20.3 Å². The first-order valence-electron chi connectivity index (χ1n) is 20.6. The molecule has 4 heterocycles. The van der Waals surface area contributed by atoms with E-state index in [1.807, 2.05) is 114 Å². The van der Waals surface area contributed by atoms with E-state index in [4.69, 9.17) is 14.2 Å². The van der Waals surface area contributed by atoms with Crippen molar-refractivity contribution in [3.05, 3.63) is 155 Å². The first kappa shape index (κ1) is 39.9. The zero-order chi connectivity index (χ0) is 41.9. The minimum atomic E-state index is -1.74. The molecule has 6 atom stereocenters. The Morgan fingerprint density at radius 1 is 0.820 bits per heavy atom. The summed E-state index contributed by atoms with van der Waals surface area (Å²) in [4.78, 5) is 50.4. The van der Waals surface area contributed by atoms with Crippen LogP contribution in [0.4, 0.5) is 17.1 Å². The fourth-order valence-electron chi connectivity index (χ4n) is 9.63. The fraction of sp³-hybridized carbons (Fsp3) is 0.286. The van der Waals surface area contributed by atoms with Gasteiger partial charge in [0, 0.05) is 42.1 Å². The van der Waals surface area contributed by atoms with Gasteiger partial charge in [0.2, 0.25) is 11.8 Å². The number of hydrogen-bond donors (Lipinski definition) is 4. The number of anilines is 3. The minimum Gasteiger partial charge on any atom is -0.491 e. The molecule has 12 heteroatoms. The number of nitrogens with one attached hydrogen (secondary N) is 2. The van der Waals surface area contributed by atoms with Gasteiger partial charge in [-0.15, -0.1) is 0 Å². The summed E-state index contributed by atoms with van der Waals surface area (Å²) in [6.07, 6.45) is -0.575. The van der Waals surface area contributed by atoms with E-state index in [0.29, 0.717) is 47.0 Å². The summed E-state index contributed by atoms with van der Waals surface area (Å²) in [7, 11) is 0. The highest BCUT2D eigenvalue weighted by molar-refractivity contribution is 6.13. The third-order valence-corrected chi connectivity index (χ3v) is 12.1. The van der Waals surface area contributed by atoms with Crippen LogP contribution in [0.15, 0.2) is 127 Å². The summed E-state index contributed by atoms with van der Waals surface area (Å²) in [5.74, 6) is 3.59. The van der Waals surface area contributed by atoms with Gasteiger partial charge in [0.1, 0.15) is 29.9 Å². The number of ether oxygens (including phenoxy) is 3. The van der Waals surface area contributed by atoms with E-state index in [1.165, 1.54) is 0 Å². The van der Waals surface area contributed by atoms with Gasteiger partial charge in [-0.1, -0.05) is 84.6 Å². The Morgan fingerprint density at radius 3 is 2.26 bits per heavy atom. The molecule has 0 radical (unpaired) electrons. The third-order valence-electron chi connectivity index (χ3n) is 12.1. The Labute approximate surface area is 354 Å². The van der Waals surface area contributed by atoms with Crippen molar-refractivity contribution in [2.45, 2.75) is 36.1 Å². The van der Waals surface area contributed by atoms with Crippen LogP contribution in [0.2, 0.25) is 0 Å². The highest BCUT2D eigenvalue weighted by atomic mass is 16.6. The largest absolute Gasteiger partial charge is 0.491 e. The topological polar surface area (TPSA) is 150 Å². The summed E-state index contributed by atoms with van der Waals surface area (Å²) < 4.78 is 18.0. The van der Waals surface area contributed by atoms with Gasteiger partial charge in [0.05, 0.1) is 44.4 Å². The van der Waals surface area contributed by atoms with Crippen LogP contribution >= 0.6 is 0 Å². The second kappa shape index (κ2) is 17.2. The van der Waals surface area contributed by atoms with Crippen LogP contribution in [-0.4, -0.2) is 85.1 Å². The lowest BCUT2D eigenvalue weighted by Crippen LogP contribution is -2.53. The predicted octanol–water partition coefficient (Wildman–Crippen LogP) is 5.54. The van der Waals surface area contributed by atoms with Gasteiger partial charge in [0.25, 0.3) is 0 Å². The van der Waals surface area contributed by atoms with E-state index < -0.39 is 53.3 Å². The molecule has 61 heavy (non-hydrogen) atoms. The Bertz CT molecular complexity index is 2470. The van der Waals surface area contributed by atoms with Crippen LogP contribution in [0.5, 0.6) is 5.75 Å². The molecule has 0 aliphatic carbocycles. The van der Waals surface area contributed by atoms with Crippen molar-refractivity contribution >= 4 is 34.8 Å². The monoisotopic (exact) mass is 818 g/mol. The fourth-order valence-corrected chi connectivity index (χ4v) is 9.63. The first-order chi connectivity index (χ1) is 29.9. The maximum absolute atomic E-state index is 15.5. The second-order valence-electron chi connectivity index (χ2n) is 15.5. The number of aliphatic hydroxyl groups excluding tert-OH is 2. The molecule has 4 N–H and O–H groups in total. The normalized spacial score (nSPS) is 24.2. The van der Waals surface area contributed by atoms with Gasteiger partial charge in [-0.25, -0.2) is 0 Å². The minimum absolute atomic E-state index is 0.0369. The summed E-state index contributed by atoms with van der Waals surface area (Å²) in [6, 6.07) is 36.6. The molecule has 12 nitrogen and oxygen atoms in total. The Balaban J connectivity index is 1.28. The molecule has 4 aliphatic heterocycles. The number of aliphatic hydroxyl groups is 2. The van der Waals surface area contributed by atoms with Gasteiger partial charge < -0.3 is 40.0 Å². The molecular weight excluding hydrogens is 773 g/mol.